The first-order valence-electron chi connectivity index (χ1n) is 8.09. The van der Waals surface area contributed by atoms with E-state index in [0.29, 0.717) is 18.8 Å². The molecule has 0 saturated heterocycles. The summed E-state index contributed by atoms with van der Waals surface area (Å²) in [6.45, 7) is 2.54. The summed E-state index contributed by atoms with van der Waals surface area (Å²) in [4.78, 5) is 12.0. The number of allylic oxidation sites excluding steroid dienone is 1. The summed E-state index contributed by atoms with van der Waals surface area (Å²) >= 11 is 0. The molecular weight excluding hydrogens is 294 g/mol. The second kappa shape index (κ2) is 8.70. The highest BCUT2D eigenvalue weighted by Gasteiger charge is 2.37. The van der Waals surface area contributed by atoms with Crippen LogP contribution in [-0.4, -0.2) is 37.6 Å². The topological polar surface area (TPSA) is 67.8 Å². The highest BCUT2D eigenvalue weighted by Crippen LogP contribution is 2.39. The average molecular weight is 319 g/mol. The molecule has 126 valence electrons. The molecule has 23 heavy (non-hydrogen) atoms. The number of benzene rings is 1. The maximum atomic E-state index is 12.0. The summed E-state index contributed by atoms with van der Waals surface area (Å²) in [6, 6.07) is 10.0. The number of amides is 1. The first-order chi connectivity index (χ1) is 11.2. The van der Waals surface area contributed by atoms with E-state index in [2.05, 4.69) is 5.32 Å². The second-order valence-corrected chi connectivity index (χ2v) is 5.52. The van der Waals surface area contributed by atoms with E-state index in [0.717, 1.165) is 12.0 Å². The van der Waals surface area contributed by atoms with Crippen molar-refractivity contribution < 1.29 is 19.4 Å². The third kappa shape index (κ3) is 4.33. The van der Waals surface area contributed by atoms with Gasteiger partial charge in [-0.25, -0.2) is 0 Å². The summed E-state index contributed by atoms with van der Waals surface area (Å²) in [5, 5.41) is 11.8. The smallest absolute Gasteiger partial charge is 0.285 e. The van der Waals surface area contributed by atoms with Crippen LogP contribution in [0.1, 0.15) is 31.2 Å². The van der Waals surface area contributed by atoms with E-state index in [4.69, 9.17) is 9.47 Å². The summed E-state index contributed by atoms with van der Waals surface area (Å²) in [5.74, 6) is 0.106. The number of carbonyl (C=O) groups excluding carboxylic acids is 1. The highest BCUT2D eigenvalue weighted by molar-refractivity contribution is 5.91. The zero-order valence-corrected chi connectivity index (χ0v) is 13.7. The molecule has 2 N–H and O–H groups in total. The molecule has 0 bridgehead atoms. The first-order valence-corrected chi connectivity index (χ1v) is 8.09. The Morgan fingerprint density at radius 3 is 2.70 bits per heavy atom. The van der Waals surface area contributed by atoms with Gasteiger partial charge in [-0.15, -0.1) is 0 Å². The van der Waals surface area contributed by atoms with Crippen molar-refractivity contribution in [2.24, 2.45) is 5.92 Å². The summed E-state index contributed by atoms with van der Waals surface area (Å²) < 4.78 is 11.5. The molecule has 2 rings (SSSR count). The first kappa shape index (κ1) is 17.5. The van der Waals surface area contributed by atoms with Crippen molar-refractivity contribution in [3.05, 3.63) is 47.7 Å². The van der Waals surface area contributed by atoms with Crippen LogP contribution in [0.4, 0.5) is 0 Å². The molecule has 1 aliphatic heterocycles. The molecule has 0 saturated carbocycles. The number of aliphatic hydroxyl groups excluding tert-OH is 1. The van der Waals surface area contributed by atoms with Gasteiger partial charge in [0, 0.05) is 32.1 Å². The molecule has 0 radical (unpaired) electrons. The number of aliphatic hydroxyl groups is 1. The fourth-order valence-electron chi connectivity index (χ4n) is 2.94. The van der Waals surface area contributed by atoms with E-state index >= 15 is 0 Å². The van der Waals surface area contributed by atoms with E-state index in [-0.39, 0.29) is 24.3 Å². The normalized spacial score (nSPS) is 23.8. The Kier molecular flexibility index (Phi) is 6.62. The van der Waals surface area contributed by atoms with Crippen molar-refractivity contribution in [1.29, 1.82) is 0 Å². The Morgan fingerprint density at radius 2 is 2.09 bits per heavy atom. The van der Waals surface area contributed by atoms with Gasteiger partial charge in [0.25, 0.3) is 5.91 Å². The van der Waals surface area contributed by atoms with Crippen molar-refractivity contribution in [1.82, 2.24) is 5.32 Å². The number of hydrogen-bond donors (Lipinski definition) is 2. The lowest BCUT2D eigenvalue weighted by Gasteiger charge is -2.37. The van der Waals surface area contributed by atoms with Crippen LogP contribution in [0, 0.1) is 5.92 Å². The number of hydrogen-bond acceptors (Lipinski definition) is 4. The van der Waals surface area contributed by atoms with E-state index in [1.54, 1.807) is 7.05 Å². The fourth-order valence-corrected chi connectivity index (χ4v) is 2.94. The van der Waals surface area contributed by atoms with Crippen LogP contribution in [0.2, 0.25) is 0 Å². The van der Waals surface area contributed by atoms with Crippen LogP contribution in [0.15, 0.2) is 42.2 Å². The number of nitrogens with one attached hydrogen (secondary N) is 1. The Labute approximate surface area is 137 Å². The van der Waals surface area contributed by atoms with Crippen LogP contribution < -0.4 is 5.32 Å². The van der Waals surface area contributed by atoms with Gasteiger partial charge >= 0.3 is 0 Å². The third-order valence-corrected chi connectivity index (χ3v) is 4.05. The molecule has 5 nitrogen and oxygen atoms in total. The molecule has 0 aliphatic carbocycles. The van der Waals surface area contributed by atoms with Crippen LogP contribution in [-0.2, 0) is 14.3 Å². The SMILES string of the molecule is CCO[C@H]1OC(C(=O)NC)=C[C@@H](c2ccccc2)[C@H]1CCCO. The van der Waals surface area contributed by atoms with Crippen LogP contribution in [0.5, 0.6) is 0 Å². The van der Waals surface area contributed by atoms with Gasteiger partial charge < -0.3 is 19.9 Å². The Morgan fingerprint density at radius 1 is 1.35 bits per heavy atom. The molecule has 1 heterocycles. The summed E-state index contributed by atoms with van der Waals surface area (Å²) in [5.41, 5.74) is 1.12. The maximum Gasteiger partial charge on any atom is 0.285 e. The fraction of sp³-hybridized carbons (Fsp3) is 0.500. The maximum absolute atomic E-state index is 12.0. The number of rotatable bonds is 7. The number of ether oxygens (including phenoxy) is 2. The summed E-state index contributed by atoms with van der Waals surface area (Å²) in [7, 11) is 1.58. The quantitative estimate of drug-likeness (QED) is 0.808. The van der Waals surface area contributed by atoms with Crippen molar-refractivity contribution in [3.63, 3.8) is 0 Å². The lowest BCUT2D eigenvalue weighted by atomic mass is 9.80. The second-order valence-electron chi connectivity index (χ2n) is 5.52. The van der Waals surface area contributed by atoms with Crippen molar-refractivity contribution >= 4 is 5.91 Å². The average Bonchev–Trinajstić information content (AvgIpc) is 2.60. The van der Waals surface area contributed by atoms with E-state index in [1.165, 1.54) is 0 Å². The minimum Gasteiger partial charge on any atom is -0.459 e. The Hall–Kier alpha value is -1.85. The Bertz CT molecular complexity index is 529. The van der Waals surface area contributed by atoms with Gasteiger partial charge in [-0.1, -0.05) is 30.3 Å². The molecule has 1 aromatic carbocycles. The van der Waals surface area contributed by atoms with Gasteiger partial charge in [0.15, 0.2) is 5.76 Å². The van der Waals surface area contributed by atoms with Gasteiger partial charge in [0.05, 0.1) is 0 Å². The van der Waals surface area contributed by atoms with Crippen molar-refractivity contribution in [3.8, 4) is 0 Å². The van der Waals surface area contributed by atoms with Crippen LogP contribution in [0.3, 0.4) is 0 Å². The van der Waals surface area contributed by atoms with Gasteiger partial charge in [-0.05, 0) is 31.4 Å². The minimum atomic E-state index is -0.492. The zero-order chi connectivity index (χ0) is 16.7. The molecular formula is C18H25NO4. The van der Waals surface area contributed by atoms with Gasteiger partial charge in [-0.2, -0.15) is 0 Å². The molecule has 1 aromatic rings. The minimum absolute atomic E-state index is 0.0142. The third-order valence-electron chi connectivity index (χ3n) is 4.05. The molecule has 0 spiro atoms. The molecule has 5 heteroatoms. The summed E-state index contributed by atoms with van der Waals surface area (Å²) in [6.07, 6.45) is 2.81. The standard InChI is InChI=1S/C18H25NO4/c1-3-22-18-14(10-7-11-20)15(13-8-5-4-6-9-13)12-16(23-18)17(21)19-2/h4-6,8-9,12,14-15,18,20H,3,7,10-11H2,1-2H3,(H,19,21)/t14-,15+,18+/m1/s1. The molecule has 0 fully saturated rings. The van der Waals surface area contributed by atoms with Gasteiger partial charge in [-0.3, -0.25) is 4.79 Å². The lowest BCUT2D eigenvalue weighted by Crippen LogP contribution is -2.38. The predicted molar refractivity (Wildman–Crippen MR) is 87.6 cm³/mol. The van der Waals surface area contributed by atoms with Gasteiger partial charge in [0.1, 0.15) is 0 Å². The van der Waals surface area contributed by atoms with Gasteiger partial charge in [0.2, 0.25) is 6.29 Å². The predicted octanol–water partition coefficient (Wildman–Crippen LogP) is 2.18. The monoisotopic (exact) mass is 319 g/mol. The zero-order valence-electron chi connectivity index (χ0n) is 13.7. The van der Waals surface area contributed by atoms with Crippen molar-refractivity contribution in [2.75, 3.05) is 20.3 Å². The number of likely N-dealkylation sites (N-methyl/N-ethyl adjacent to an activating group) is 1. The molecule has 1 amide bonds. The molecule has 3 atom stereocenters. The van der Waals surface area contributed by atoms with E-state index in [1.807, 2.05) is 43.3 Å². The van der Waals surface area contributed by atoms with E-state index < -0.39 is 6.29 Å². The van der Waals surface area contributed by atoms with Crippen LogP contribution in [0.25, 0.3) is 0 Å². The molecule has 1 aliphatic rings. The van der Waals surface area contributed by atoms with E-state index in [9.17, 15) is 9.90 Å². The Balaban J connectivity index is 2.37. The highest BCUT2D eigenvalue weighted by atomic mass is 16.7. The van der Waals surface area contributed by atoms with Crippen molar-refractivity contribution in [2.45, 2.75) is 32.0 Å². The molecule has 0 unspecified atom stereocenters. The largest absolute Gasteiger partial charge is 0.459 e. The lowest BCUT2D eigenvalue weighted by molar-refractivity contribution is -0.166. The molecule has 0 aromatic heterocycles. The number of carbonyl (C=O) groups is 1. The van der Waals surface area contributed by atoms with Crippen LogP contribution >= 0.6 is 0 Å².